The van der Waals surface area contributed by atoms with Gasteiger partial charge in [0.15, 0.2) is 0 Å². The van der Waals surface area contributed by atoms with Gasteiger partial charge in [-0.2, -0.15) is 0 Å². The Labute approximate surface area is 110 Å². The predicted octanol–water partition coefficient (Wildman–Crippen LogP) is 2.02. The molecule has 0 atom stereocenters. The first-order valence-electron chi connectivity index (χ1n) is 4.99. The molecule has 0 spiro atoms. The summed E-state index contributed by atoms with van der Waals surface area (Å²) in [4.78, 5) is 11.7. The average molecular weight is 269 g/mol. The van der Waals surface area contributed by atoms with Crippen LogP contribution in [0.5, 0.6) is 0 Å². The van der Waals surface area contributed by atoms with Crippen LogP contribution in [0.4, 0.5) is 5.69 Å². The summed E-state index contributed by atoms with van der Waals surface area (Å²) < 4.78 is 0. The summed E-state index contributed by atoms with van der Waals surface area (Å²) in [6, 6.07) is 4.81. The highest BCUT2D eigenvalue weighted by atomic mass is 35.5. The Morgan fingerprint density at radius 1 is 1.59 bits per heavy atom. The number of nitrogens with one attached hydrogen (secondary N) is 1. The van der Waals surface area contributed by atoms with Crippen molar-refractivity contribution in [3.05, 3.63) is 28.8 Å². The van der Waals surface area contributed by atoms with E-state index in [1.54, 1.807) is 30.0 Å². The van der Waals surface area contributed by atoms with Gasteiger partial charge in [-0.15, -0.1) is 18.2 Å². The molecule has 0 unspecified atom stereocenters. The van der Waals surface area contributed by atoms with Gasteiger partial charge >= 0.3 is 0 Å². The highest BCUT2D eigenvalue weighted by molar-refractivity contribution is 7.99. The van der Waals surface area contributed by atoms with Crippen LogP contribution in [-0.4, -0.2) is 24.0 Å². The Hall–Kier alpha value is -1.31. The zero-order chi connectivity index (χ0) is 12.7. The molecule has 0 aliphatic rings. The summed E-state index contributed by atoms with van der Waals surface area (Å²) in [6.45, 7) is 0.563. The highest BCUT2D eigenvalue weighted by Gasteiger charge is 2.08. The number of hydrogen-bond donors (Lipinski definition) is 2. The minimum atomic E-state index is -0.194. The third kappa shape index (κ3) is 4.59. The summed E-state index contributed by atoms with van der Waals surface area (Å²) in [6.07, 6.45) is 5.11. The van der Waals surface area contributed by atoms with Crippen LogP contribution in [-0.2, 0) is 0 Å². The van der Waals surface area contributed by atoms with E-state index in [9.17, 15) is 4.79 Å². The Morgan fingerprint density at radius 3 is 3.00 bits per heavy atom. The molecule has 0 aromatic heterocycles. The number of nitrogens with two attached hydrogens (primary N) is 1. The molecule has 3 N–H and O–H groups in total. The fourth-order valence-corrected chi connectivity index (χ4v) is 1.89. The molecule has 1 amide bonds. The summed E-state index contributed by atoms with van der Waals surface area (Å²) in [5.74, 6) is 3.76. The smallest absolute Gasteiger partial charge is 0.253 e. The predicted molar refractivity (Wildman–Crippen MR) is 74.4 cm³/mol. The number of thioether (sulfide) groups is 1. The van der Waals surface area contributed by atoms with Gasteiger partial charge < -0.3 is 11.1 Å². The van der Waals surface area contributed by atoms with E-state index in [1.807, 2.05) is 0 Å². The normalized spacial score (nSPS) is 9.65. The molecule has 0 saturated heterocycles. The second-order valence-corrected chi connectivity index (χ2v) is 4.79. The molecule has 0 bridgehead atoms. The van der Waals surface area contributed by atoms with Crippen molar-refractivity contribution < 1.29 is 4.79 Å². The molecule has 0 saturated carbocycles. The number of amides is 1. The third-order valence-corrected chi connectivity index (χ3v) is 3.07. The average Bonchev–Trinajstić information content (AvgIpc) is 2.28. The second-order valence-electron chi connectivity index (χ2n) is 3.24. The van der Waals surface area contributed by atoms with Crippen molar-refractivity contribution in [3.63, 3.8) is 0 Å². The Morgan fingerprint density at radius 2 is 2.35 bits per heavy atom. The maximum atomic E-state index is 11.7. The molecular weight excluding hydrogens is 256 g/mol. The monoisotopic (exact) mass is 268 g/mol. The minimum Gasteiger partial charge on any atom is -0.398 e. The van der Waals surface area contributed by atoms with Crippen LogP contribution in [0.3, 0.4) is 0 Å². The van der Waals surface area contributed by atoms with Crippen LogP contribution >= 0.6 is 23.4 Å². The molecule has 0 radical (unpaired) electrons. The van der Waals surface area contributed by atoms with Crippen LogP contribution in [0, 0.1) is 12.3 Å². The molecule has 1 rings (SSSR count). The second kappa shape index (κ2) is 7.10. The highest BCUT2D eigenvalue weighted by Crippen LogP contribution is 2.17. The van der Waals surface area contributed by atoms with E-state index in [1.165, 1.54) is 0 Å². The van der Waals surface area contributed by atoms with E-state index >= 15 is 0 Å². The first kappa shape index (κ1) is 13.8. The lowest BCUT2D eigenvalue weighted by molar-refractivity contribution is 0.0957. The van der Waals surface area contributed by atoms with Crippen molar-refractivity contribution >= 4 is 35.0 Å². The lowest BCUT2D eigenvalue weighted by atomic mass is 10.1. The molecule has 17 heavy (non-hydrogen) atoms. The number of hydrogen-bond acceptors (Lipinski definition) is 3. The van der Waals surface area contributed by atoms with E-state index in [0.717, 1.165) is 5.75 Å². The molecule has 0 aliphatic heterocycles. The first-order chi connectivity index (χ1) is 8.15. The minimum absolute atomic E-state index is 0.194. The maximum absolute atomic E-state index is 11.7. The number of rotatable bonds is 5. The molecule has 1 aromatic rings. The number of halogens is 1. The number of carbonyl (C=O) groups excluding carboxylic acids is 1. The summed E-state index contributed by atoms with van der Waals surface area (Å²) in [5.41, 5.74) is 6.52. The number of terminal acetylenes is 1. The summed E-state index contributed by atoms with van der Waals surface area (Å²) >= 11 is 7.34. The van der Waals surface area contributed by atoms with E-state index in [4.69, 9.17) is 23.8 Å². The SMILES string of the molecule is C#CCSCCNC(=O)c1ccc(Cl)cc1N. The fraction of sp³-hybridized carbons (Fsp3) is 0.250. The molecule has 1 aromatic carbocycles. The van der Waals surface area contributed by atoms with Crippen molar-refractivity contribution in [1.82, 2.24) is 5.32 Å². The van der Waals surface area contributed by atoms with Gasteiger partial charge in [0.2, 0.25) is 0 Å². The third-order valence-electron chi connectivity index (χ3n) is 1.98. The molecule has 0 heterocycles. The quantitative estimate of drug-likeness (QED) is 0.488. The van der Waals surface area contributed by atoms with Gasteiger partial charge in [-0.3, -0.25) is 4.79 Å². The largest absolute Gasteiger partial charge is 0.398 e. The number of nitrogen functional groups attached to an aromatic ring is 1. The van der Waals surface area contributed by atoms with Crippen LogP contribution in [0.25, 0.3) is 0 Å². The van der Waals surface area contributed by atoms with Gasteiger partial charge in [0.1, 0.15) is 0 Å². The standard InChI is InChI=1S/C12H13ClN2OS/c1-2-6-17-7-5-15-12(16)10-4-3-9(13)8-11(10)14/h1,3-4,8H,5-7,14H2,(H,15,16). The molecule has 90 valence electrons. The summed E-state index contributed by atoms with van der Waals surface area (Å²) in [7, 11) is 0. The van der Waals surface area contributed by atoms with Gasteiger partial charge in [0.05, 0.1) is 11.3 Å². The zero-order valence-corrected chi connectivity index (χ0v) is 10.8. The zero-order valence-electron chi connectivity index (χ0n) is 9.20. The molecule has 0 aliphatic carbocycles. The van der Waals surface area contributed by atoms with E-state index in [0.29, 0.717) is 28.6 Å². The van der Waals surface area contributed by atoms with Crippen LogP contribution in [0.15, 0.2) is 18.2 Å². The van der Waals surface area contributed by atoms with Gasteiger partial charge in [-0.25, -0.2) is 0 Å². The fourth-order valence-electron chi connectivity index (χ4n) is 1.20. The van der Waals surface area contributed by atoms with Gasteiger partial charge in [0, 0.05) is 23.0 Å². The van der Waals surface area contributed by atoms with Gasteiger partial charge in [-0.05, 0) is 18.2 Å². The van der Waals surface area contributed by atoms with Gasteiger partial charge in [0.25, 0.3) is 5.91 Å². The van der Waals surface area contributed by atoms with Crippen molar-refractivity contribution in [2.24, 2.45) is 0 Å². The number of anilines is 1. The Bertz CT molecular complexity index is 443. The van der Waals surface area contributed by atoms with Crippen molar-refractivity contribution in [3.8, 4) is 12.3 Å². The number of benzene rings is 1. The van der Waals surface area contributed by atoms with E-state index < -0.39 is 0 Å². The van der Waals surface area contributed by atoms with Crippen molar-refractivity contribution in [2.75, 3.05) is 23.8 Å². The Balaban J connectivity index is 2.45. The Kier molecular flexibility index (Phi) is 5.75. The van der Waals surface area contributed by atoms with Crippen LogP contribution in [0.2, 0.25) is 5.02 Å². The van der Waals surface area contributed by atoms with Gasteiger partial charge in [-0.1, -0.05) is 17.5 Å². The molecular formula is C12H13ClN2OS. The van der Waals surface area contributed by atoms with Crippen molar-refractivity contribution in [1.29, 1.82) is 0 Å². The lowest BCUT2D eigenvalue weighted by Crippen LogP contribution is -2.26. The first-order valence-corrected chi connectivity index (χ1v) is 6.53. The lowest BCUT2D eigenvalue weighted by Gasteiger charge is -2.07. The maximum Gasteiger partial charge on any atom is 0.253 e. The molecule has 3 nitrogen and oxygen atoms in total. The van der Waals surface area contributed by atoms with E-state index in [2.05, 4.69) is 11.2 Å². The molecule has 5 heteroatoms. The van der Waals surface area contributed by atoms with Crippen LogP contribution < -0.4 is 11.1 Å². The van der Waals surface area contributed by atoms with Crippen molar-refractivity contribution in [2.45, 2.75) is 0 Å². The van der Waals surface area contributed by atoms with Crippen LogP contribution in [0.1, 0.15) is 10.4 Å². The number of carbonyl (C=O) groups is 1. The topological polar surface area (TPSA) is 55.1 Å². The molecule has 0 fully saturated rings. The van der Waals surface area contributed by atoms with E-state index in [-0.39, 0.29) is 5.91 Å². The summed E-state index contributed by atoms with van der Waals surface area (Å²) in [5, 5.41) is 3.28.